The standard InChI is InChI=1S/C17H20N2O3S/c20-17(10-14-11-21-9-7-18-14)19-13-3-5-16(6-4-13)23-12-15-2-1-8-22-15/h1-6,8,14,18H,7,9-12H2,(H,19,20)/t14-/m0/s1. The predicted octanol–water partition coefficient (Wildman–Crippen LogP) is 2.89. The Balaban J connectivity index is 1.45. The van der Waals surface area contributed by atoms with Crippen LogP contribution in [-0.2, 0) is 15.3 Å². The third kappa shape index (κ3) is 5.13. The van der Waals surface area contributed by atoms with Gasteiger partial charge in [0.25, 0.3) is 0 Å². The Morgan fingerprint density at radius 1 is 1.30 bits per heavy atom. The first-order chi connectivity index (χ1) is 11.3. The zero-order valence-corrected chi connectivity index (χ0v) is 13.6. The van der Waals surface area contributed by atoms with Gasteiger partial charge in [-0.3, -0.25) is 4.79 Å². The monoisotopic (exact) mass is 332 g/mol. The number of hydrogen-bond donors (Lipinski definition) is 2. The van der Waals surface area contributed by atoms with E-state index in [1.54, 1.807) is 18.0 Å². The molecule has 1 aliphatic heterocycles. The maximum Gasteiger partial charge on any atom is 0.226 e. The van der Waals surface area contributed by atoms with E-state index in [0.29, 0.717) is 13.0 Å². The fourth-order valence-corrected chi connectivity index (χ4v) is 3.17. The first-order valence-corrected chi connectivity index (χ1v) is 8.64. The summed E-state index contributed by atoms with van der Waals surface area (Å²) in [5, 5.41) is 6.20. The van der Waals surface area contributed by atoms with Crippen molar-refractivity contribution in [2.24, 2.45) is 0 Å². The van der Waals surface area contributed by atoms with Gasteiger partial charge in [-0.1, -0.05) is 0 Å². The summed E-state index contributed by atoms with van der Waals surface area (Å²) in [6.45, 7) is 2.12. The Hall–Kier alpha value is -1.76. The molecule has 1 fully saturated rings. The highest BCUT2D eigenvalue weighted by Crippen LogP contribution is 2.24. The van der Waals surface area contributed by atoms with Crippen LogP contribution in [0.2, 0.25) is 0 Å². The molecular formula is C17H20N2O3S. The second-order valence-corrected chi connectivity index (χ2v) is 6.42. The number of rotatable bonds is 6. The average molecular weight is 332 g/mol. The molecule has 0 saturated carbocycles. The van der Waals surface area contributed by atoms with Gasteiger partial charge < -0.3 is 19.8 Å². The van der Waals surface area contributed by atoms with E-state index in [0.717, 1.165) is 35.2 Å². The molecule has 0 spiro atoms. The van der Waals surface area contributed by atoms with Gasteiger partial charge in [0, 0.05) is 29.6 Å². The van der Waals surface area contributed by atoms with Gasteiger partial charge in [0.15, 0.2) is 0 Å². The maximum absolute atomic E-state index is 12.0. The zero-order valence-electron chi connectivity index (χ0n) is 12.8. The van der Waals surface area contributed by atoms with Gasteiger partial charge in [-0.2, -0.15) is 0 Å². The fraction of sp³-hybridized carbons (Fsp3) is 0.353. The Kier molecular flexibility index (Phi) is 5.74. The summed E-state index contributed by atoms with van der Waals surface area (Å²) in [5.41, 5.74) is 0.814. The van der Waals surface area contributed by atoms with Crippen LogP contribution >= 0.6 is 11.8 Å². The van der Waals surface area contributed by atoms with Crippen molar-refractivity contribution in [3.63, 3.8) is 0 Å². The van der Waals surface area contributed by atoms with Crippen molar-refractivity contribution in [2.45, 2.75) is 23.1 Å². The smallest absolute Gasteiger partial charge is 0.226 e. The SMILES string of the molecule is O=C(C[C@H]1COCCN1)Nc1ccc(SCc2ccco2)cc1. The number of carbonyl (C=O) groups excluding carboxylic acids is 1. The summed E-state index contributed by atoms with van der Waals surface area (Å²) >= 11 is 1.70. The van der Waals surface area contributed by atoms with Gasteiger partial charge in [0.1, 0.15) is 5.76 Å². The van der Waals surface area contributed by atoms with Crippen LogP contribution in [0, 0.1) is 0 Å². The number of morpholine rings is 1. The Morgan fingerprint density at radius 3 is 2.87 bits per heavy atom. The highest BCUT2D eigenvalue weighted by atomic mass is 32.2. The number of ether oxygens (including phenoxy) is 1. The van der Waals surface area contributed by atoms with E-state index in [4.69, 9.17) is 9.15 Å². The summed E-state index contributed by atoms with van der Waals surface area (Å²) in [4.78, 5) is 13.2. The topological polar surface area (TPSA) is 63.5 Å². The molecule has 5 nitrogen and oxygen atoms in total. The maximum atomic E-state index is 12.0. The molecule has 1 saturated heterocycles. The first kappa shape index (κ1) is 16.1. The highest BCUT2D eigenvalue weighted by molar-refractivity contribution is 7.98. The molecule has 2 aromatic rings. The second-order valence-electron chi connectivity index (χ2n) is 5.37. The normalized spacial score (nSPS) is 17.8. The van der Waals surface area contributed by atoms with Crippen molar-refractivity contribution in [2.75, 3.05) is 25.1 Å². The van der Waals surface area contributed by atoms with Crippen LogP contribution in [0.5, 0.6) is 0 Å². The third-order valence-corrected chi connectivity index (χ3v) is 4.56. The number of hydrogen-bond acceptors (Lipinski definition) is 5. The van der Waals surface area contributed by atoms with E-state index >= 15 is 0 Å². The van der Waals surface area contributed by atoms with Crippen molar-refractivity contribution in [3.8, 4) is 0 Å². The molecule has 0 radical (unpaired) electrons. The molecule has 0 bridgehead atoms. The van der Waals surface area contributed by atoms with E-state index in [2.05, 4.69) is 10.6 Å². The summed E-state index contributed by atoms with van der Waals surface area (Å²) in [5.74, 6) is 1.75. The van der Waals surface area contributed by atoms with Crippen LogP contribution in [0.25, 0.3) is 0 Å². The Morgan fingerprint density at radius 2 is 2.17 bits per heavy atom. The summed E-state index contributed by atoms with van der Waals surface area (Å²) < 4.78 is 10.7. The van der Waals surface area contributed by atoms with Crippen molar-refractivity contribution >= 4 is 23.4 Å². The molecule has 23 heavy (non-hydrogen) atoms. The van der Waals surface area contributed by atoms with E-state index in [1.165, 1.54) is 0 Å². The minimum atomic E-state index is 0.00369. The molecule has 2 heterocycles. The van der Waals surface area contributed by atoms with E-state index in [1.807, 2.05) is 36.4 Å². The molecule has 0 aliphatic carbocycles. The van der Waals surface area contributed by atoms with Gasteiger partial charge in [-0.25, -0.2) is 0 Å². The molecule has 2 N–H and O–H groups in total. The Bertz CT molecular complexity index is 607. The number of thioether (sulfide) groups is 1. The van der Waals surface area contributed by atoms with Gasteiger partial charge in [-0.15, -0.1) is 11.8 Å². The highest BCUT2D eigenvalue weighted by Gasteiger charge is 2.16. The summed E-state index contributed by atoms with van der Waals surface area (Å²) in [7, 11) is 0. The molecular weight excluding hydrogens is 312 g/mol. The quantitative estimate of drug-likeness (QED) is 0.797. The van der Waals surface area contributed by atoms with E-state index < -0.39 is 0 Å². The lowest BCUT2D eigenvalue weighted by atomic mass is 10.2. The van der Waals surface area contributed by atoms with Gasteiger partial charge >= 0.3 is 0 Å². The van der Waals surface area contributed by atoms with Crippen molar-refractivity contribution < 1.29 is 13.9 Å². The molecule has 6 heteroatoms. The van der Waals surface area contributed by atoms with Crippen LogP contribution in [-0.4, -0.2) is 31.7 Å². The Labute approximate surface area is 139 Å². The van der Waals surface area contributed by atoms with Crippen molar-refractivity contribution in [1.82, 2.24) is 5.32 Å². The number of furan rings is 1. The lowest BCUT2D eigenvalue weighted by Gasteiger charge is -2.23. The molecule has 3 rings (SSSR count). The molecule has 1 aliphatic rings. The number of anilines is 1. The zero-order chi connectivity index (χ0) is 15.9. The molecule has 1 amide bonds. The molecule has 0 unspecified atom stereocenters. The van der Waals surface area contributed by atoms with E-state index in [-0.39, 0.29) is 11.9 Å². The average Bonchev–Trinajstić information content (AvgIpc) is 3.08. The number of benzene rings is 1. The van der Waals surface area contributed by atoms with Crippen LogP contribution < -0.4 is 10.6 Å². The van der Waals surface area contributed by atoms with Crippen LogP contribution in [0.4, 0.5) is 5.69 Å². The van der Waals surface area contributed by atoms with Crippen molar-refractivity contribution in [3.05, 3.63) is 48.4 Å². The number of nitrogens with one attached hydrogen (secondary N) is 2. The largest absolute Gasteiger partial charge is 0.468 e. The van der Waals surface area contributed by atoms with Gasteiger partial charge in [0.05, 0.1) is 25.2 Å². The van der Waals surface area contributed by atoms with Gasteiger partial charge in [0.2, 0.25) is 5.91 Å². The molecule has 1 aromatic carbocycles. The first-order valence-electron chi connectivity index (χ1n) is 7.66. The van der Waals surface area contributed by atoms with Crippen LogP contribution in [0.1, 0.15) is 12.2 Å². The van der Waals surface area contributed by atoms with Crippen LogP contribution in [0.15, 0.2) is 52.0 Å². The summed E-state index contributed by atoms with van der Waals surface area (Å²) in [6, 6.07) is 11.8. The van der Waals surface area contributed by atoms with Crippen LogP contribution in [0.3, 0.4) is 0 Å². The fourth-order valence-electron chi connectivity index (χ4n) is 2.37. The second kappa shape index (κ2) is 8.19. The van der Waals surface area contributed by atoms with Gasteiger partial charge in [-0.05, 0) is 36.4 Å². The number of amides is 1. The molecule has 122 valence electrons. The number of carbonyl (C=O) groups is 1. The lowest BCUT2D eigenvalue weighted by molar-refractivity contribution is -0.117. The minimum absolute atomic E-state index is 0.00369. The van der Waals surface area contributed by atoms with E-state index in [9.17, 15) is 4.79 Å². The lowest BCUT2D eigenvalue weighted by Crippen LogP contribution is -2.43. The minimum Gasteiger partial charge on any atom is -0.468 e. The van der Waals surface area contributed by atoms with Crippen molar-refractivity contribution in [1.29, 1.82) is 0 Å². The molecule has 1 atom stereocenters. The predicted molar refractivity (Wildman–Crippen MR) is 90.6 cm³/mol. The summed E-state index contributed by atoms with van der Waals surface area (Å²) in [6.07, 6.45) is 2.11. The third-order valence-electron chi connectivity index (χ3n) is 3.53. The molecule has 1 aromatic heterocycles.